The van der Waals surface area contributed by atoms with Crippen molar-refractivity contribution in [3.8, 4) is 5.75 Å². The Morgan fingerprint density at radius 3 is 2.39 bits per heavy atom. The summed E-state index contributed by atoms with van der Waals surface area (Å²) < 4.78 is 33.8. The number of hydrogen-bond donors (Lipinski definition) is 1. The Morgan fingerprint density at radius 2 is 1.84 bits per heavy atom. The number of aromatic hydroxyl groups is 1. The Hall–Kier alpha value is -2.52. The zero-order valence-corrected chi connectivity index (χ0v) is 20.5. The first-order valence-electron chi connectivity index (χ1n) is 9.67. The van der Waals surface area contributed by atoms with E-state index in [0.717, 1.165) is 0 Å². The number of benzene rings is 2. The number of carbonyl (C=O) groups is 1. The van der Waals surface area contributed by atoms with Gasteiger partial charge in [0.15, 0.2) is 15.6 Å². The molecule has 0 amide bonds. The molecule has 0 atom stereocenters. The summed E-state index contributed by atoms with van der Waals surface area (Å²) in [5.41, 5.74) is 2.20. The SMILES string of the molecule is CCOC(=O)c1c(CS(=O)(=O)c2ccccc2)n(C)c2c(C)c(Br)c(O)c(N(C)C)c12. The largest absolute Gasteiger partial charge is 0.505 e. The van der Waals surface area contributed by atoms with E-state index < -0.39 is 15.8 Å². The van der Waals surface area contributed by atoms with Crippen LogP contribution >= 0.6 is 15.9 Å². The van der Waals surface area contributed by atoms with Crippen molar-refractivity contribution in [3.63, 3.8) is 0 Å². The lowest BCUT2D eigenvalue weighted by atomic mass is 10.0. The molecule has 0 fully saturated rings. The van der Waals surface area contributed by atoms with Crippen LogP contribution in [0.3, 0.4) is 0 Å². The van der Waals surface area contributed by atoms with Gasteiger partial charge in [-0.2, -0.15) is 0 Å². The molecule has 1 heterocycles. The van der Waals surface area contributed by atoms with Gasteiger partial charge in [-0.3, -0.25) is 0 Å². The van der Waals surface area contributed by atoms with E-state index in [1.54, 1.807) is 62.7 Å². The molecule has 0 saturated carbocycles. The lowest BCUT2D eigenvalue weighted by Gasteiger charge is -2.19. The molecule has 0 aliphatic heterocycles. The molecule has 0 spiro atoms. The molecule has 3 aromatic rings. The van der Waals surface area contributed by atoms with Crippen LogP contribution in [0.4, 0.5) is 5.69 Å². The first-order valence-corrected chi connectivity index (χ1v) is 12.1. The number of aromatic nitrogens is 1. The molecule has 1 aromatic heterocycles. The molecule has 0 radical (unpaired) electrons. The summed E-state index contributed by atoms with van der Waals surface area (Å²) in [5, 5.41) is 11.3. The van der Waals surface area contributed by atoms with Gasteiger partial charge in [-0.15, -0.1) is 0 Å². The Labute approximate surface area is 190 Å². The third-order valence-corrected chi connectivity index (χ3v) is 7.84. The highest BCUT2D eigenvalue weighted by atomic mass is 79.9. The minimum absolute atomic E-state index is 0.0244. The summed E-state index contributed by atoms with van der Waals surface area (Å²) in [4.78, 5) is 14.9. The highest BCUT2D eigenvalue weighted by Crippen LogP contribution is 2.47. The number of ether oxygens (including phenoxy) is 1. The fourth-order valence-electron chi connectivity index (χ4n) is 3.83. The van der Waals surface area contributed by atoms with E-state index in [9.17, 15) is 18.3 Å². The van der Waals surface area contributed by atoms with Crippen LogP contribution in [0.25, 0.3) is 10.9 Å². The van der Waals surface area contributed by atoms with Crippen LogP contribution < -0.4 is 4.90 Å². The number of nitrogens with zero attached hydrogens (tertiary/aromatic N) is 2. The zero-order valence-electron chi connectivity index (χ0n) is 18.1. The van der Waals surface area contributed by atoms with Crippen LogP contribution in [0.5, 0.6) is 5.75 Å². The standard InChI is InChI=1S/C22H25BrN2O5S/c1-6-30-22(27)16-15(12-31(28,29)14-10-8-7-9-11-14)25(5)19-13(2)18(23)21(26)20(17(16)19)24(3)4/h7-11,26H,6,12H2,1-5H3. The van der Waals surface area contributed by atoms with Gasteiger partial charge in [0.25, 0.3) is 0 Å². The number of anilines is 1. The molecule has 0 bridgehead atoms. The van der Waals surface area contributed by atoms with Crippen molar-refractivity contribution in [2.45, 2.75) is 24.5 Å². The molecule has 0 aliphatic rings. The molecule has 0 saturated heterocycles. The van der Waals surface area contributed by atoms with Crippen LogP contribution in [0.1, 0.15) is 28.5 Å². The molecule has 1 N–H and O–H groups in total. The predicted molar refractivity (Wildman–Crippen MR) is 125 cm³/mol. The normalized spacial score (nSPS) is 11.7. The van der Waals surface area contributed by atoms with Gasteiger partial charge in [-0.1, -0.05) is 18.2 Å². The first-order chi connectivity index (χ1) is 14.5. The number of rotatable bonds is 6. The number of esters is 1. The zero-order chi connectivity index (χ0) is 23.1. The van der Waals surface area contributed by atoms with Crippen molar-refractivity contribution in [1.82, 2.24) is 4.57 Å². The number of aryl methyl sites for hydroxylation is 2. The van der Waals surface area contributed by atoms with Crippen molar-refractivity contribution in [3.05, 3.63) is 51.6 Å². The minimum atomic E-state index is -3.74. The average molecular weight is 509 g/mol. The van der Waals surface area contributed by atoms with Crippen molar-refractivity contribution in [2.24, 2.45) is 7.05 Å². The average Bonchev–Trinajstić information content (AvgIpc) is 2.98. The van der Waals surface area contributed by atoms with Gasteiger partial charge in [0.1, 0.15) is 0 Å². The quantitative estimate of drug-likeness (QED) is 0.502. The molecule has 31 heavy (non-hydrogen) atoms. The van der Waals surface area contributed by atoms with Gasteiger partial charge in [0, 0.05) is 32.2 Å². The van der Waals surface area contributed by atoms with Gasteiger partial charge in [-0.25, -0.2) is 13.2 Å². The monoisotopic (exact) mass is 508 g/mol. The highest BCUT2D eigenvalue weighted by Gasteiger charge is 2.32. The summed E-state index contributed by atoms with van der Waals surface area (Å²) in [6, 6.07) is 8.11. The van der Waals surface area contributed by atoms with E-state index in [-0.39, 0.29) is 28.6 Å². The molecule has 3 rings (SSSR count). The molecule has 7 nitrogen and oxygen atoms in total. The Kier molecular flexibility index (Phi) is 6.38. The highest BCUT2D eigenvalue weighted by molar-refractivity contribution is 9.10. The van der Waals surface area contributed by atoms with Crippen LogP contribution in [0.2, 0.25) is 0 Å². The van der Waals surface area contributed by atoms with E-state index in [2.05, 4.69) is 15.9 Å². The van der Waals surface area contributed by atoms with Crippen LogP contribution in [-0.2, 0) is 27.4 Å². The summed E-state index contributed by atoms with van der Waals surface area (Å²) in [7, 11) is 1.48. The summed E-state index contributed by atoms with van der Waals surface area (Å²) in [5.74, 6) is -1.04. The van der Waals surface area contributed by atoms with Gasteiger partial charge >= 0.3 is 5.97 Å². The molecule has 0 unspecified atom stereocenters. The first kappa shape index (κ1) is 23.1. The minimum Gasteiger partial charge on any atom is -0.505 e. The third kappa shape index (κ3) is 3.92. The van der Waals surface area contributed by atoms with Crippen molar-refractivity contribution in [2.75, 3.05) is 25.6 Å². The number of phenolic OH excluding ortho intramolecular Hbond substituents is 1. The summed E-state index contributed by atoms with van der Waals surface area (Å²) in [6.07, 6.45) is 0. The number of carbonyl (C=O) groups excluding carboxylic acids is 1. The number of halogens is 1. The van der Waals surface area contributed by atoms with Crippen LogP contribution in [-0.4, -0.2) is 44.8 Å². The molecule has 2 aromatic carbocycles. The second-order valence-electron chi connectivity index (χ2n) is 7.43. The van der Waals surface area contributed by atoms with Gasteiger partial charge in [-0.05, 0) is 47.5 Å². The number of hydrogen-bond acceptors (Lipinski definition) is 6. The number of phenols is 1. The van der Waals surface area contributed by atoms with Crippen LogP contribution in [0.15, 0.2) is 39.7 Å². The Morgan fingerprint density at radius 1 is 1.23 bits per heavy atom. The van der Waals surface area contributed by atoms with E-state index in [1.165, 1.54) is 12.1 Å². The van der Waals surface area contributed by atoms with Crippen molar-refractivity contribution in [1.29, 1.82) is 0 Å². The Balaban J connectivity index is 2.43. The predicted octanol–water partition coefficient (Wildman–Crippen LogP) is 4.17. The van der Waals surface area contributed by atoms with Crippen LogP contribution in [0, 0.1) is 6.92 Å². The fraction of sp³-hybridized carbons (Fsp3) is 0.318. The summed E-state index contributed by atoms with van der Waals surface area (Å²) >= 11 is 3.43. The molecule has 0 aliphatic carbocycles. The van der Waals surface area contributed by atoms with E-state index in [4.69, 9.17) is 4.74 Å². The maximum atomic E-state index is 13.2. The molecular formula is C22H25BrN2O5S. The van der Waals surface area contributed by atoms with Gasteiger partial charge in [0.2, 0.25) is 0 Å². The second kappa shape index (κ2) is 8.55. The lowest BCUT2D eigenvalue weighted by Crippen LogP contribution is -2.14. The third-order valence-electron chi connectivity index (χ3n) is 5.22. The Bertz CT molecular complexity index is 1260. The second-order valence-corrected chi connectivity index (χ2v) is 10.2. The maximum Gasteiger partial charge on any atom is 0.340 e. The van der Waals surface area contributed by atoms with Gasteiger partial charge in [0.05, 0.1) is 38.5 Å². The lowest BCUT2D eigenvalue weighted by molar-refractivity contribution is 0.0527. The van der Waals surface area contributed by atoms with E-state index in [0.29, 0.717) is 32.3 Å². The number of sulfone groups is 1. The summed E-state index contributed by atoms with van der Waals surface area (Å²) in [6.45, 7) is 3.63. The molecular weight excluding hydrogens is 484 g/mol. The van der Waals surface area contributed by atoms with Gasteiger partial charge < -0.3 is 19.3 Å². The van der Waals surface area contributed by atoms with Crippen molar-refractivity contribution >= 4 is 48.3 Å². The smallest absolute Gasteiger partial charge is 0.340 e. The number of fused-ring (bicyclic) bond motifs is 1. The topological polar surface area (TPSA) is 88.8 Å². The fourth-order valence-corrected chi connectivity index (χ4v) is 5.64. The maximum absolute atomic E-state index is 13.2. The van der Waals surface area contributed by atoms with E-state index in [1.807, 2.05) is 0 Å². The molecule has 9 heteroatoms. The van der Waals surface area contributed by atoms with E-state index >= 15 is 0 Å². The molecule has 166 valence electrons. The van der Waals surface area contributed by atoms with Crippen molar-refractivity contribution < 1.29 is 23.1 Å².